The van der Waals surface area contributed by atoms with E-state index >= 15 is 0 Å². The molecule has 3 rings (SSSR count). The maximum Gasteiger partial charge on any atom is 0.276 e. The van der Waals surface area contributed by atoms with Crippen LogP contribution in [0.4, 0.5) is 5.69 Å². The minimum absolute atomic E-state index is 0.226. The maximum absolute atomic E-state index is 12.4. The summed E-state index contributed by atoms with van der Waals surface area (Å²) in [5, 5.41) is 2.80. The lowest BCUT2D eigenvalue weighted by atomic mass is 10.1. The fourth-order valence-electron chi connectivity index (χ4n) is 2.83. The van der Waals surface area contributed by atoms with Crippen molar-refractivity contribution in [2.24, 2.45) is 0 Å². The highest BCUT2D eigenvalue weighted by atomic mass is 16.5. The molecule has 3 N–H and O–H groups in total. The van der Waals surface area contributed by atoms with E-state index in [-0.39, 0.29) is 12.5 Å². The summed E-state index contributed by atoms with van der Waals surface area (Å²) < 4.78 is 5.43. The van der Waals surface area contributed by atoms with Gasteiger partial charge >= 0.3 is 0 Å². The molecule has 0 aliphatic carbocycles. The molecule has 0 aliphatic heterocycles. The molecule has 0 saturated carbocycles. The molecule has 31 heavy (non-hydrogen) atoms. The van der Waals surface area contributed by atoms with Crippen molar-refractivity contribution >= 4 is 23.4 Å². The molecule has 0 atom stereocenters. The van der Waals surface area contributed by atoms with Crippen LogP contribution < -0.4 is 20.9 Å². The lowest BCUT2D eigenvalue weighted by Gasteiger charge is -2.11. The third kappa shape index (κ3) is 5.93. The highest BCUT2D eigenvalue weighted by Gasteiger charge is 2.11. The van der Waals surface area contributed by atoms with Crippen molar-refractivity contribution in [1.29, 1.82) is 0 Å². The van der Waals surface area contributed by atoms with Crippen LogP contribution >= 0.6 is 0 Å². The number of carbonyl (C=O) groups is 3. The zero-order valence-electron chi connectivity index (χ0n) is 17.3. The number of carbonyl (C=O) groups excluding carboxylic acids is 3. The van der Waals surface area contributed by atoms with Crippen molar-refractivity contribution < 1.29 is 19.1 Å². The molecule has 0 heterocycles. The number of hydrogen-bond donors (Lipinski definition) is 3. The van der Waals surface area contributed by atoms with Crippen LogP contribution in [0.3, 0.4) is 0 Å². The van der Waals surface area contributed by atoms with Gasteiger partial charge in [-0.05, 0) is 61.4 Å². The van der Waals surface area contributed by atoms with Crippen molar-refractivity contribution in [1.82, 2.24) is 10.9 Å². The van der Waals surface area contributed by atoms with Gasteiger partial charge in [-0.3, -0.25) is 25.2 Å². The van der Waals surface area contributed by atoms with Crippen LogP contribution in [-0.2, 0) is 4.79 Å². The molecule has 158 valence electrons. The summed E-state index contributed by atoms with van der Waals surface area (Å²) >= 11 is 0. The number of amides is 3. The third-order valence-corrected chi connectivity index (χ3v) is 4.56. The van der Waals surface area contributed by atoms with Gasteiger partial charge in [0.15, 0.2) is 6.61 Å². The number of nitrogens with one attached hydrogen (secondary N) is 3. The summed E-state index contributed by atoms with van der Waals surface area (Å²) in [4.78, 5) is 36.5. The summed E-state index contributed by atoms with van der Waals surface area (Å²) in [6.45, 7) is 3.51. The van der Waals surface area contributed by atoms with E-state index in [1.807, 2.05) is 44.2 Å². The zero-order valence-corrected chi connectivity index (χ0v) is 17.3. The molecule has 0 radical (unpaired) electrons. The highest BCUT2D eigenvalue weighted by molar-refractivity contribution is 6.05. The van der Waals surface area contributed by atoms with Crippen molar-refractivity contribution in [3.63, 3.8) is 0 Å². The average molecular weight is 417 g/mol. The highest BCUT2D eigenvalue weighted by Crippen LogP contribution is 2.16. The maximum atomic E-state index is 12.4. The Labute approximate surface area is 180 Å². The van der Waals surface area contributed by atoms with Gasteiger partial charge in [0.05, 0.1) is 0 Å². The molecule has 0 unspecified atom stereocenters. The summed E-state index contributed by atoms with van der Waals surface area (Å²) in [6, 6.07) is 21.0. The van der Waals surface area contributed by atoms with Gasteiger partial charge in [-0.15, -0.1) is 0 Å². The van der Waals surface area contributed by atoms with Gasteiger partial charge in [0.1, 0.15) is 5.75 Å². The molecule has 0 spiro atoms. The number of rotatable bonds is 6. The number of hydrogen-bond acceptors (Lipinski definition) is 4. The van der Waals surface area contributed by atoms with E-state index in [4.69, 9.17) is 4.74 Å². The van der Waals surface area contributed by atoms with Crippen molar-refractivity contribution in [3.8, 4) is 5.75 Å². The van der Waals surface area contributed by atoms with Crippen molar-refractivity contribution in [2.75, 3.05) is 11.9 Å². The molecular formula is C24H23N3O4. The van der Waals surface area contributed by atoms with Gasteiger partial charge in [0, 0.05) is 16.8 Å². The molecule has 0 bridgehead atoms. The number of aryl methyl sites for hydroxylation is 2. The molecule has 7 heteroatoms. The second kappa shape index (κ2) is 10.1. The molecule has 0 saturated heterocycles. The zero-order chi connectivity index (χ0) is 22.2. The van der Waals surface area contributed by atoms with E-state index in [2.05, 4.69) is 16.2 Å². The van der Waals surface area contributed by atoms with Gasteiger partial charge in [0.2, 0.25) is 0 Å². The van der Waals surface area contributed by atoms with Crippen molar-refractivity contribution in [3.05, 3.63) is 95.1 Å². The molecular weight excluding hydrogens is 394 g/mol. The van der Waals surface area contributed by atoms with Crippen LogP contribution in [0.15, 0.2) is 72.8 Å². The van der Waals surface area contributed by atoms with E-state index in [0.717, 1.165) is 11.1 Å². The fourth-order valence-corrected chi connectivity index (χ4v) is 2.83. The molecule has 3 aromatic carbocycles. The monoisotopic (exact) mass is 417 g/mol. The number of hydrazine groups is 1. The first-order chi connectivity index (χ1) is 14.9. The molecule has 0 fully saturated rings. The first-order valence-corrected chi connectivity index (χ1v) is 9.68. The van der Waals surface area contributed by atoms with Gasteiger partial charge in [-0.2, -0.15) is 0 Å². The van der Waals surface area contributed by atoms with Gasteiger partial charge in [-0.25, -0.2) is 0 Å². The van der Waals surface area contributed by atoms with Crippen LogP contribution in [-0.4, -0.2) is 24.3 Å². The average Bonchev–Trinajstić information content (AvgIpc) is 2.77. The van der Waals surface area contributed by atoms with Crippen LogP contribution in [0.2, 0.25) is 0 Å². The first kappa shape index (κ1) is 21.6. The standard InChI is InChI=1S/C24H23N3O4/c1-16-7-3-5-9-20(16)24(30)25-19-13-11-18(12-14-19)23(29)27-26-22(28)15-31-21-10-6-4-8-17(21)2/h3-14H,15H2,1-2H3,(H,25,30)(H,26,28)(H,27,29). The summed E-state index contributed by atoms with van der Waals surface area (Å²) in [5.41, 5.74) is 7.90. The van der Waals surface area contributed by atoms with E-state index in [1.54, 1.807) is 42.5 Å². The van der Waals surface area contributed by atoms with E-state index < -0.39 is 11.8 Å². The normalized spacial score (nSPS) is 10.1. The largest absolute Gasteiger partial charge is 0.483 e. The first-order valence-electron chi connectivity index (χ1n) is 9.68. The SMILES string of the molecule is Cc1ccccc1OCC(=O)NNC(=O)c1ccc(NC(=O)c2ccccc2C)cc1. The molecule has 3 aromatic rings. The second-order valence-electron chi connectivity index (χ2n) is 6.90. The fraction of sp³-hybridized carbons (Fsp3) is 0.125. The van der Waals surface area contributed by atoms with Crippen LogP contribution in [0.25, 0.3) is 0 Å². The number of anilines is 1. The number of para-hydroxylation sites is 1. The third-order valence-electron chi connectivity index (χ3n) is 4.56. The number of ether oxygens (including phenoxy) is 1. The minimum atomic E-state index is -0.487. The topological polar surface area (TPSA) is 96.5 Å². The Morgan fingerprint density at radius 1 is 0.742 bits per heavy atom. The smallest absolute Gasteiger partial charge is 0.276 e. The summed E-state index contributed by atoms with van der Waals surface area (Å²) in [7, 11) is 0. The van der Waals surface area contributed by atoms with Crippen LogP contribution in [0, 0.1) is 13.8 Å². The minimum Gasteiger partial charge on any atom is -0.483 e. The second-order valence-corrected chi connectivity index (χ2v) is 6.90. The molecule has 0 aromatic heterocycles. The van der Waals surface area contributed by atoms with Gasteiger partial charge in [0.25, 0.3) is 17.7 Å². The van der Waals surface area contributed by atoms with E-state index in [0.29, 0.717) is 22.6 Å². The van der Waals surface area contributed by atoms with Crippen LogP contribution in [0.5, 0.6) is 5.75 Å². The quantitative estimate of drug-likeness (QED) is 0.536. The number of benzene rings is 3. The summed E-state index contributed by atoms with van der Waals surface area (Å²) in [6.07, 6.45) is 0. The Balaban J connectivity index is 1.48. The van der Waals surface area contributed by atoms with E-state index in [9.17, 15) is 14.4 Å². The Kier molecular flexibility index (Phi) is 7.01. The lowest BCUT2D eigenvalue weighted by Crippen LogP contribution is -2.43. The molecule has 0 aliphatic rings. The molecule has 7 nitrogen and oxygen atoms in total. The summed E-state index contributed by atoms with van der Waals surface area (Å²) in [5.74, 6) is -0.594. The van der Waals surface area contributed by atoms with Gasteiger partial charge in [-0.1, -0.05) is 36.4 Å². The Morgan fingerprint density at radius 2 is 1.39 bits per heavy atom. The predicted molar refractivity (Wildman–Crippen MR) is 118 cm³/mol. The van der Waals surface area contributed by atoms with Crippen LogP contribution in [0.1, 0.15) is 31.8 Å². The Morgan fingerprint density at radius 3 is 2.06 bits per heavy atom. The Bertz CT molecular complexity index is 1090. The molecule has 3 amide bonds. The van der Waals surface area contributed by atoms with Gasteiger partial charge < -0.3 is 10.1 Å². The lowest BCUT2D eigenvalue weighted by molar-refractivity contribution is -0.123. The van der Waals surface area contributed by atoms with E-state index in [1.165, 1.54) is 0 Å². The van der Waals surface area contributed by atoms with Crippen molar-refractivity contribution in [2.45, 2.75) is 13.8 Å². The predicted octanol–water partition coefficient (Wildman–Crippen LogP) is 3.40. The Hall–Kier alpha value is -4.13.